The number of carbonyl (C=O) groups excluding carboxylic acids is 1. The van der Waals surface area contributed by atoms with E-state index in [-0.39, 0.29) is 30.8 Å². The van der Waals surface area contributed by atoms with Gasteiger partial charge in [0.25, 0.3) is 0 Å². The summed E-state index contributed by atoms with van der Waals surface area (Å²) in [6.07, 6.45) is -3.52. The van der Waals surface area contributed by atoms with Crippen molar-refractivity contribution < 1.29 is 26.8 Å². The highest BCUT2D eigenvalue weighted by Gasteiger charge is 2.39. The minimum Gasteiger partial charge on any atom is -0.417 e. The van der Waals surface area contributed by atoms with Crippen molar-refractivity contribution in [1.82, 2.24) is 20.4 Å². The first-order valence-corrected chi connectivity index (χ1v) is 8.01. The molecule has 1 N–H and O–H groups in total. The minimum atomic E-state index is -4.69. The molecule has 1 aromatic carbocycles. The highest BCUT2D eigenvalue weighted by Crippen LogP contribution is 2.31. The predicted molar refractivity (Wildman–Crippen MR) is 81.5 cm³/mol. The molecule has 0 spiro atoms. The summed E-state index contributed by atoms with van der Waals surface area (Å²) in [6.45, 7) is 0.889. The fourth-order valence-corrected chi connectivity index (χ4v) is 2.77. The number of amides is 2. The summed E-state index contributed by atoms with van der Waals surface area (Å²) in [6, 6.07) is 5.37. The van der Waals surface area contributed by atoms with Crippen molar-refractivity contribution in [3.8, 4) is 0 Å². The van der Waals surface area contributed by atoms with E-state index in [1.807, 2.05) is 0 Å². The van der Waals surface area contributed by atoms with Gasteiger partial charge in [0.2, 0.25) is 5.89 Å². The Labute approximate surface area is 146 Å². The van der Waals surface area contributed by atoms with Crippen LogP contribution in [0.4, 0.5) is 22.4 Å². The Kier molecular flexibility index (Phi) is 5.10. The number of nitrogens with zero attached hydrogens (tertiary/aromatic N) is 3. The zero-order valence-corrected chi connectivity index (χ0v) is 13.6. The van der Waals surface area contributed by atoms with E-state index in [4.69, 9.17) is 4.42 Å². The minimum absolute atomic E-state index is 0.117. The molecule has 10 heteroatoms. The monoisotopic (exact) mass is 372 g/mol. The van der Waals surface area contributed by atoms with E-state index in [2.05, 4.69) is 15.5 Å². The van der Waals surface area contributed by atoms with Crippen molar-refractivity contribution in [2.24, 2.45) is 0 Å². The number of hydrogen-bond acceptors (Lipinski definition) is 4. The van der Waals surface area contributed by atoms with Gasteiger partial charge in [0.15, 0.2) is 0 Å². The first-order chi connectivity index (χ1) is 12.3. The molecule has 6 nitrogen and oxygen atoms in total. The summed E-state index contributed by atoms with van der Waals surface area (Å²) >= 11 is 0. The number of nitrogens with one attached hydrogen (secondary N) is 1. The maximum Gasteiger partial charge on any atom is 0.470 e. The molecule has 1 unspecified atom stereocenters. The first kappa shape index (κ1) is 18.2. The third-order valence-corrected chi connectivity index (χ3v) is 4.10. The fraction of sp³-hybridized carbons (Fsp3) is 0.438. The molecule has 140 valence electrons. The Hall–Kier alpha value is -2.65. The Balaban J connectivity index is 1.58. The smallest absolute Gasteiger partial charge is 0.417 e. The average Bonchev–Trinajstić information content (AvgIpc) is 3.12. The van der Waals surface area contributed by atoms with Crippen LogP contribution in [-0.2, 0) is 12.7 Å². The van der Waals surface area contributed by atoms with Crippen molar-refractivity contribution >= 4 is 6.03 Å². The van der Waals surface area contributed by atoms with Gasteiger partial charge in [-0.05, 0) is 30.5 Å². The molecule has 2 heterocycles. The van der Waals surface area contributed by atoms with Gasteiger partial charge in [-0.1, -0.05) is 12.1 Å². The van der Waals surface area contributed by atoms with Crippen molar-refractivity contribution in [2.75, 3.05) is 13.1 Å². The number of carbonyl (C=O) groups is 1. The number of rotatable bonds is 3. The highest BCUT2D eigenvalue weighted by molar-refractivity contribution is 5.74. The third kappa shape index (κ3) is 4.30. The zero-order chi connectivity index (χ0) is 18.7. The Morgan fingerprint density at radius 2 is 2.00 bits per heavy atom. The summed E-state index contributed by atoms with van der Waals surface area (Å²) < 4.78 is 55.3. The van der Waals surface area contributed by atoms with Gasteiger partial charge in [0, 0.05) is 19.6 Å². The van der Waals surface area contributed by atoms with E-state index >= 15 is 0 Å². The molecule has 0 bridgehead atoms. The number of piperidine rings is 1. The maximum absolute atomic E-state index is 12.9. The molecular formula is C16H16F4N4O2. The molecule has 0 aliphatic carbocycles. The lowest BCUT2D eigenvalue weighted by Crippen LogP contribution is -2.44. The number of urea groups is 1. The van der Waals surface area contributed by atoms with Gasteiger partial charge in [0.1, 0.15) is 5.82 Å². The van der Waals surface area contributed by atoms with E-state index in [9.17, 15) is 22.4 Å². The molecule has 0 saturated carbocycles. The van der Waals surface area contributed by atoms with E-state index < -0.39 is 18.0 Å². The molecule has 1 saturated heterocycles. The second kappa shape index (κ2) is 7.30. The molecule has 1 aromatic heterocycles. The van der Waals surface area contributed by atoms with E-state index in [0.717, 1.165) is 5.56 Å². The van der Waals surface area contributed by atoms with Crippen LogP contribution in [0.1, 0.15) is 36.1 Å². The fourth-order valence-electron chi connectivity index (χ4n) is 2.77. The first-order valence-electron chi connectivity index (χ1n) is 8.01. The lowest BCUT2D eigenvalue weighted by molar-refractivity contribution is -0.157. The maximum atomic E-state index is 12.9. The van der Waals surface area contributed by atoms with E-state index in [1.165, 1.54) is 17.0 Å². The largest absolute Gasteiger partial charge is 0.470 e. The SMILES string of the molecule is O=C(NCc1ccc(F)cc1)N1CCCC(c2nnc(C(F)(F)F)o2)C1. The molecule has 1 aliphatic heterocycles. The topological polar surface area (TPSA) is 71.3 Å². The second-order valence-electron chi connectivity index (χ2n) is 6.01. The van der Waals surface area contributed by atoms with Crippen LogP contribution in [0.2, 0.25) is 0 Å². The van der Waals surface area contributed by atoms with Gasteiger partial charge in [-0.3, -0.25) is 0 Å². The van der Waals surface area contributed by atoms with Crippen LogP contribution < -0.4 is 5.32 Å². The van der Waals surface area contributed by atoms with Crippen molar-refractivity contribution in [1.29, 1.82) is 0 Å². The van der Waals surface area contributed by atoms with Crippen LogP contribution in [0.3, 0.4) is 0 Å². The quantitative estimate of drug-likeness (QED) is 0.839. The number of alkyl halides is 3. The summed E-state index contributed by atoms with van der Waals surface area (Å²) in [4.78, 5) is 13.8. The van der Waals surface area contributed by atoms with E-state index in [1.54, 1.807) is 12.1 Å². The predicted octanol–water partition coefficient (Wildman–Crippen LogP) is 3.32. The Morgan fingerprint density at radius 1 is 1.27 bits per heavy atom. The second-order valence-corrected chi connectivity index (χ2v) is 6.01. The summed E-state index contributed by atoms with van der Waals surface area (Å²) in [5.74, 6) is -2.31. The molecule has 2 amide bonds. The molecular weight excluding hydrogens is 356 g/mol. The third-order valence-electron chi connectivity index (χ3n) is 4.10. The number of aromatic nitrogens is 2. The van der Waals surface area contributed by atoms with Gasteiger partial charge < -0.3 is 14.6 Å². The number of hydrogen-bond donors (Lipinski definition) is 1. The molecule has 3 rings (SSSR count). The lowest BCUT2D eigenvalue weighted by Gasteiger charge is -2.31. The van der Waals surface area contributed by atoms with Crippen LogP contribution in [-0.4, -0.2) is 34.2 Å². The summed E-state index contributed by atoms with van der Waals surface area (Å²) in [7, 11) is 0. The molecule has 0 radical (unpaired) electrons. The zero-order valence-electron chi connectivity index (χ0n) is 13.6. The van der Waals surface area contributed by atoms with Crippen LogP contribution in [0.15, 0.2) is 28.7 Å². The van der Waals surface area contributed by atoms with Gasteiger partial charge in [-0.25, -0.2) is 9.18 Å². The lowest BCUT2D eigenvalue weighted by atomic mass is 9.98. The van der Waals surface area contributed by atoms with Gasteiger partial charge in [-0.2, -0.15) is 13.2 Å². The average molecular weight is 372 g/mol. The highest BCUT2D eigenvalue weighted by atomic mass is 19.4. The summed E-state index contributed by atoms with van der Waals surface area (Å²) in [5, 5.41) is 9.20. The summed E-state index contributed by atoms with van der Waals surface area (Å²) in [5.41, 5.74) is 0.736. The number of likely N-dealkylation sites (tertiary alicyclic amines) is 1. The standard InChI is InChI=1S/C16H16F4N4O2/c17-12-5-3-10(4-6-12)8-21-15(25)24-7-1-2-11(9-24)13-22-23-14(26-13)16(18,19)20/h3-6,11H,1-2,7-9H2,(H,21,25). The number of halogens is 4. The Morgan fingerprint density at radius 3 is 2.65 bits per heavy atom. The van der Waals surface area contributed by atoms with Crippen molar-refractivity contribution in [3.05, 3.63) is 47.4 Å². The van der Waals surface area contributed by atoms with Crippen LogP contribution in [0.25, 0.3) is 0 Å². The van der Waals surface area contributed by atoms with Crippen LogP contribution in [0.5, 0.6) is 0 Å². The number of benzene rings is 1. The molecule has 1 atom stereocenters. The van der Waals surface area contributed by atoms with Crippen molar-refractivity contribution in [2.45, 2.75) is 31.5 Å². The molecule has 26 heavy (non-hydrogen) atoms. The normalized spacial score (nSPS) is 18.0. The molecule has 1 fully saturated rings. The van der Waals surface area contributed by atoms with E-state index in [0.29, 0.717) is 19.4 Å². The molecule has 2 aromatic rings. The van der Waals surface area contributed by atoms with Crippen LogP contribution >= 0.6 is 0 Å². The molecule has 1 aliphatic rings. The van der Waals surface area contributed by atoms with Gasteiger partial charge in [0.05, 0.1) is 5.92 Å². The van der Waals surface area contributed by atoms with Gasteiger partial charge >= 0.3 is 18.1 Å². The Bertz CT molecular complexity index is 760. The van der Waals surface area contributed by atoms with Gasteiger partial charge in [-0.15, -0.1) is 10.2 Å². The van der Waals surface area contributed by atoms with Crippen LogP contribution in [0, 0.1) is 5.82 Å². The van der Waals surface area contributed by atoms with Crippen molar-refractivity contribution in [3.63, 3.8) is 0 Å².